The van der Waals surface area contributed by atoms with Gasteiger partial charge in [0.2, 0.25) is 0 Å². The van der Waals surface area contributed by atoms with Crippen LogP contribution in [0.4, 0.5) is 11.4 Å². The molecule has 2 rings (SSSR count). The van der Waals surface area contributed by atoms with Crippen LogP contribution in [0.1, 0.15) is 33.6 Å². The van der Waals surface area contributed by atoms with Crippen LogP contribution >= 0.6 is 0 Å². The van der Waals surface area contributed by atoms with Gasteiger partial charge in [0.15, 0.2) is 9.84 Å². The minimum absolute atomic E-state index is 0.106. The Morgan fingerprint density at radius 1 is 1.32 bits per heavy atom. The molecule has 0 radical (unpaired) electrons. The van der Waals surface area contributed by atoms with Crippen LogP contribution in [0.3, 0.4) is 0 Å². The zero-order valence-corrected chi connectivity index (χ0v) is 14.0. The molecule has 1 saturated heterocycles. The lowest BCUT2D eigenvalue weighted by Gasteiger charge is -2.32. The van der Waals surface area contributed by atoms with E-state index in [9.17, 15) is 8.42 Å². The Labute approximate surface area is 131 Å². The van der Waals surface area contributed by atoms with Crippen LogP contribution in [0, 0.1) is 5.92 Å². The molecule has 0 spiro atoms. The van der Waals surface area contributed by atoms with E-state index in [0.29, 0.717) is 5.92 Å². The highest BCUT2D eigenvalue weighted by atomic mass is 32.2. The molecule has 0 N–H and O–H groups in total. The van der Waals surface area contributed by atoms with E-state index in [-0.39, 0.29) is 10.6 Å². The second-order valence-corrected chi connectivity index (χ2v) is 8.58. The topological polar surface area (TPSA) is 86.1 Å². The third-order valence-corrected chi connectivity index (χ3v) is 6.37. The van der Waals surface area contributed by atoms with E-state index in [1.807, 2.05) is 6.07 Å². The van der Waals surface area contributed by atoms with Gasteiger partial charge in [0, 0.05) is 23.7 Å². The van der Waals surface area contributed by atoms with Gasteiger partial charge in [-0.15, -0.1) is 0 Å². The Kier molecular flexibility index (Phi) is 4.98. The number of hydrogen-bond acceptors (Lipinski definition) is 4. The third kappa shape index (κ3) is 3.36. The molecule has 0 atom stereocenters. The zero-order chi connectivity index (χ0) is 16.3. The van der Waals surface area contributed by atoms with Crippen molar-refractivity contribution >= 4 is 21.2 Å². The molecule has 22 heavy (non-hydrogen) atoms. The summed E-state index contributed by atoms with van der Waals surface area (Å²) in [6.07, 6.45) is 2.23. The molecule has 0 amide bonds. The zero-order valence-electron chi connectivity index (χ0n) is 13.2. The lowest BCUT2D eigenvalue weighted by atomic mass is 9.99. The van der Waals surface area contributed by atoms with Crippen molar-refractivity contribution < 1.29 is 8.42 Å². The van der Waals surface area contributed by atoms with E-state index < -0.39 is 15.1 Å². The van der Waals surface area contributed by atoms with Gasteiger partial charge in [-0.3, -0.25) is 0 Å². The van der Waals surface area contributed by atoms with Gasteiger partial charge >= 0.3 is 0 Å². The average Bonchev–Trinajstić information content (AvgIpc) is 2.48. The smallest absolute Gasteiger partial charge is 0.181 e. The van der Waals surface area contributed by atoms with Crippen molar-refractivity contribution in [2.45, 2.75) is 43.8 Å². The van der Waals surface area contributed by atoms with E-state index in [0.717, 1.165) is 31.6 Å². The summed E-state index contributed by atoms with van der Waals surface area (Å²) in [5.41, 5.74) is 9.84. The number of anilines is 1. The first-order valence-electron chi connectivity index (χ1n) is 7.54. The van der Waals surface area contributed by atoms with E-state index in [2.05, 4.69) is 21.8 Å². The first-order valence-corrected chi connectivity index (χ1v) is 9.09. The van der Waals surface area contributed by atoms with Crippen LogP contribution < -0.4 is 4.90 Å². The predicted molar refractivity (Wildman–Crippen MR) is 88.2 cm³/mol. The van der Waals surface area contributed by atoms with Gasteiger partial charge in [-0.2, -0.15) is 0 Å². The predicted octanol–water partition coefficient (Wildman–Crippen LogP) is 4.05. The monoisotopic (exact) mass is 322 g/mol. The Morgan fingerprint density at radius 3 is 2.50 bits per heavy atom. The van der Waals surface area contributed by atoms with Crippen LogP contribution in [0.5, 0.6) is 0 Å². The lowest BCUT2D eigenvalue weighted by molar-refractivity contribution is 0.438. The summed E-state index contributed by atoms with van der Waals surface area (Å²) in [6.45, 7) is 7.35. The molecule has 0 aromatic heterocycles. The molecule has 1 fully saturated rings. The quantitative estimate of drug-likeness (QED) is 0.476. The van der Waals surface area contributed by atoms with Gasteiger partial charge in [-0.25, -0.2) is 8.42 Å². The minimum Gasteiger partial charge on any atom is -0.372 e. The van der Waals surface area contributed by atoms with Crippen molar-refractivity contribution in [2.24, 2.45) is 11.0 Å². The first-order chi connectivity index (χ1) is 10.4. The Morgan fingerprint density at radius 2 is 1.95 bits per heavy atom. The van der Waals surface area contributed by atoms with Gasteiger partial charge in [0.25, 0.3) is 0 Å². The number of hydrogen-bond donors (Lipinski definition) is 0. The number of benzene rings is 1. The maximum Gasteiger partial charge on any atom is 0.181 e. The molecule has 1 aliphatic rings. The highest BCUT2D eigenvalue weighted by Crippen LogP contribution is 2.33. The fraction of sp³-hybridized carbons (Fsp3) is 0.600. The summed E-state index contributed by atoms with van der Waals surface area (Å²) in [5.74, 6) is 0.716. The molecule has 1 aromatic carbocycles. The van der Waals surface area contributed by atoms with Crippen molar-refractivity contribution in [1.29, 1.82) is 0 Å². The summed E-state index contributed by atoms with van der Waals surface area (Å²) in [4.78, 5) is 5.10. The van der Waals surface area contributed by atoms with Gasteiger partial charge in [-0.05, 0) is 56.3 Å². The van der Waals surface area contributed by atoms with Crippen LogP contribution in [-0.2, 0) is 9.84 Å². The molecule has 1 aliphatic heterocycles. The number of azide groups is 1. The molecular formula is C15H22N4O2S. The molecule has 1 heterocycles. The normalized spacial score (nSPS) is 16.6. The fourth-order valence-corrected chi connectivity index (χ4v) is 3.75. The molecule has 6 nitrogen and oxygen atoms in total. The van der Waals surface area contributed by atoms with Crippen molar-refractivity contribution in [3.05, 3.63) is 28.6 Å². The van der Waals surface area contributed by atoms with Crippen LogP contribution in [0.25, 0.3) is 10.4 Å². The molecule has 7 heteroatoms. The first kappa shape index (κ1) is 16.6. The molecule has 0 unspecified atom stereocenters. The Bertz CT molecular complexity index is 685. The van der Waals surface area contributed by atoms with Crippen LogP contribution in [-0.4, -0.2) is 26.8 Å². The number of sulfone groups is 1. The number of rotatable bonds is 4. The second-order valence-electron chi connectivity index (χ2n) is 6.10. The summed E-state index contributed by atoms with van der Waals surface area (Å²) >= 11 is 0. The summed E-state index contributed by atoms with van der Waals surface area (Å²) in [5, 5.41) is 3.05. The molecule has 0 saturated carbocycles. The lowest BCUT2D eigenvalue weighted by Crippen LogP contribution is -2.32. The van der Waals surface area contributed by atoms with Crippen LogP contribution in [0.15, 0.2) is 28.2 Å². The highest BCUT2D eigenvalue weighted by Gasteiger charge is 2.24. The summed E-state index contributed by atoms with van der Waals surface area (Å²) in [6, 6.07) is 5.05. The molecular weight excluding hydrogens is 300 g/mol. The summed E-state index contributed by atoms with van der Waals surface area (Å²) in [7, 11) is -3.47. The van der Waals surface area contributed by atoms with Crippen molar-refractivity contribution in [3.63, 3.8) is 0 Å². The number of piperidine rings is 1. The molecule has 0 aliphatic carbocycles. The molecule has 0 bridgehead atoms. The maximum atomic E-state index is 12.4. The minimum atomic E-state index is -3.47. The van der Waals surface area contributed by atoms with E-state index in [1.54, 1.807) is 26.0 Å². The van der Waals surface area contributed by atoms with Crippen molar-refractivity contribution in [2.75, 3.05) is 18.0 Å². The Balaban J connectivity index is 2.42. The SMILES string of the molecule is CC1CCN(c2ccc(S(=O)(=O)C(C)C)c(N=[N+]=[N-])c2)CC1. The average molecular weight is 322 g/mol. The summed E-state index contributed by atoms with van der Waals surface area (Å²) < 4.78 is 24.7. The van der Waals surface area contributed by atoms with E-state index in [1.165, 1.54) is 0 Å². The second kappa shape index (κ2) is 6.58. The number of nitrogens with zero attached hydrogens (tertiary/aromatic N) is 4. The van der Waals surface area contributed by atoms with E-state index in [4.69, 9.17) is 5.53 Å². The van der Waals surface area contributed by atoms with Gasteiger partial charge < -0.3 is 4.90 Å². The highest BCUT2D eigenvalue weighted by molar-refractivity contribution is 7.92. The fourth-order valence-electron chi connectivity index (χ4n) is 2.59. The van der Waals surface area contributed by atoms with Crippen molar-refractivity contribution in [3.8, 4) is 0 Å². The maximum absolute atomic E-state index is 12.4. The molecule has 1 aromatic rings. The van der Waals surface area contributed by atoms with Gasteiger partial charge in [-0.1, -0.05) is 12.0 Å². The van der Waals surface area contributed by atoms with Crippen molar-refractivity contribution in [1.82, 2.24) is 0 Å². The van der Waals surface area contributed by atoms with Gasteiger partial charge in [0.1, 0.15) is 0 Å². The third-order valence-electron chi connectivity index (χ3n) is 4.17. The largest absolute Gasteiger partial charge is 0.372 e. The standard InChI is InChI=1S/C15H22N4O2S/c1-11(2)22(20,21)15-5-4-13(10-14(15)17-18-16)19-8-6-12(3)7-9-19/h4-5,10-12H,6-9H2,1-3H3. The van der Waals surface area contributed by atoms with E-state index >= 15 is 0 Å². The molecule has 120 valence electrons. The van der Waals surface area contributed by atoms with Gasteiger partial charge in [0.05, 0.1) is 15.8 Å². The Hall–Kier alpha value is -1.72. The van der Waals surface area contributed by atoms with Crippen LogP contribution in [0.2, 0.25) is 0 Å².